The number of amides is 2. The Balaban J connectivity index is 1.12. The van der Waals surface area contributed by atoms with Crippen LogP contribution in [0.1, 0.15) is 44.2 Å². The molecule has 184 valence electrons. The number of carbonyl (C=O) groups is 2. The zero-order chi connectivity index (χ0) is 23.7. The monoisotopic (exact) mass is 473 g/mol. The van der Waals surface area contributed by atoms with Gasteiger partial charge < -0.3 is 30.5 Å². The Morgan fingerprint density at radius 3 is 2.82 bits per heavy atom. The fraction of sp³-hybridized carbons (Fsp3) is 0.682. The maximum absolute atomic E-state index is 12.4. The van der Waals surface area contributed by atoms with Crippen molar-refractivity contribution in [3.8, 4) is 0 Å². The Kier molecular flexibility index (Phi) is 6.50. The summed E-state index contributed by atoms with van der Waals surface area (Å²) in [4.78, 5) is 38.8. The number of aliphatic hydroxyl groups is 1. The summed E-state index contributed by atoms with van der Waals surface area (Å²) in [5, 5.41) is 12.5. The fourth-order valence-electron chi connectivity index (χ4n) is 4.89. The molecule has 12 heteroatoms. The highest BCUT2D eigenvalue weighted by atomic mass is 16.6. The number of nitrogens with one attached hydrogen (secondary N) is 1. The van der Waals surface area contributed by atoms with Gasteiger partial charge in [0.2, 0.25) is 5.91 Å². The first-order chi connectivity index (χ1) is 16.5. The second-order valence-electron chi connectivity index (χ2n) is 9.45. The minimum atomic E-state index is -0.492. The molecule has 0 saturated carbocycles. The number of nitrogen functional groups attached to an aromatic ring is 1. The Bertz CT molecular complexity index is 1050. The number of hydrogen-bond donors (Lipinski definition) is 3. The van der Waals surface area contributed by atoms with E-state index in [4.69, 9.17) is 20.2 Å². The van der Waals surface area contributed by atoms with Crippen molar-refractivity contribution in [3.05, 3.63) is 12.2 Å². The van der Waals surface area contributed by atoms with Crippen molar-refractivity contribution in [2.75, 3.05) is 38.6 Å². The molecule has 34 heavy (non-hydrogen) atoms. The molecule has 2 aromatic heterocycles. The maximum atomic E-state index is 12.4. The minimum absolute atomic E-state index is 0.0156. The lowest BCUT2D eigenvalue weighted by Crippen LogP contribution is -2.39. The summed E-state index contributed by atoms with van der Waals surface area (Å²) in [6.07, 6.45) is 4.80. The van der Waals surface area contributed by atoms with E-state index in [1.807, 2.05) is 4.57 Å². The van der Waals surface area contributed by atoms with Gasteiger partial charge >= 0.3 is 6.09 Å². The van der Waals surface area contributed by atoms with Crippen LogP contribution in [0, 0.1) is 11.8 Å². The van der Waals surface area contributed by atoms with Crippen molar-refractivity contribution in [3.63, 3.8) is 0 Å². The molecule has 3 atom stereocenters. The number of ether oxygens (including phenoxy) is 2. The molecule has 3 saturated heterocycles. The highest BCUT2D eigenvalue weighted by Gasteiger charge is 2.29. The zero-order valence-electron chi connectivity index (χ0n) is 19.1. The molecular formula is C22H31N7O5. The van der Waals surface area contributed by atoms with Crippen molar-refractivity contribution in [1.29, 1.82) is 0 Å². The molecule has 3 fully saturated rings. The van der Waals surface area contributed by atoms with E-state index in [0.29, 0.717) is 74.2 Å². The molecule has 4 N–H and O–H groups in total. The van der Waals surface area contributed by atoms with E-state index in [1.165, 1.54) is 0 Å². The number of anilines is 1. The van der Waals surface area contributed by atoms with E-state index in [1.54, 1.807) is 11.2 Å². The molecule has 2 aromatic rings. The van der Waals surface area contributed by atoms with Gasteiger partial charge in [0.05, 0.1) is 25.6 Å². The van der Waals surface area contributed by atoms with Gasteiger partial charge in [0.1, 0.15) is 17.6 Å². The number of rotatable bonds is 6. The number of likely N-dealkylation sites (tertiary alicyclic amines) is 1. The molecule has 0 bridgehead atoms. The number of nitrogens with zero attached hydrogens (tertiary/aromatic N) is 5. The lowest BCUT2D eigenvalue weighted by atomic mass is 9.92. The van der Waals surface area contributed by atoms with E-state index in [9.17, 15) is 14.7 Å². The molecule has 2 amide bonds. The number of aromatic nitrogens is 4. The molecule has 0 aromatic carbocycles. The van der Waals surface area contributed by atoms with Gasteiger partial charge in [0.15, 0.2) is 11.5 Å². The standard InChI is InChI=1S/C22H31N7O5/c23-20-19-21(29(12-25-19)18-8-15(30)11-33-18)27-16(26-20)2-1-13-3-5-28(6-4-13)22(32)34-10-14-7-17(31)24-9-14/h12-15,18,30H,1-11H2,(H,24,31)(H2,23,26,27)/t14?,15?,18-/m1/s1. The fourth-order valence-corrected chi connectivity index (χ4v) is 4.89. The maximum Gasteiger partial charge on any atom is 0.409 e. The Labute approximate surface area is 196 Å². The molecule has 5 rings (SSSR count). The molecular weight excluding hydrogens is 442 g/mol. The summed E-state index contributed by atoms with van der Waals surface area (Å²) < 4.78 is 12.9. The summed E-state index contributed by atoms with van der Waals surface area (Å²) in [7, 11) is 0. The van der Waals surface area contributed by atoms with Crippen LogP contribution in [0.15, 0.2) is 6.33 Å². The van der Waals surface area contributed by atoms with Crippen LogP contribution in [0.5, 0.6) is 0 Å². The molecule has 2 unspecified atom stereocenters. The number of fused-ring (bicyclic) bond motifs is 1. The second kappa shape index (κ2) is 9.71. The Morgan fingerprint density at radius 2 is 2.12 bits per heavy atom. The Hall–Kier alpha value is -2.99. The molecule has 0 spiro atoms. The van der Waals surface area contributed by atoms with Crippen LogP contribution < -0.4 is 11.1 Å². The quantitative estimate of drug-likeness (QED) is 0.546. The number of nitrogens with two attached hydrogens (primary N) is 1. The smallest absolute Gasteiger partial charge is 0.409 e. The average Bonchev–Trinajstić information content (AvgIpc) is 3.56. The van der Waals surface area contributed by atoms with Gasteiger partial charge in [0.25, 0.3) is 0 Å². The van der Waals surface area contributed by atoms with Gasteiger partial charge in [-0.2, -0.15) is 0 Å². The first kappa shape index (κ1) is 22.8. The normalized spacial score (nSPS) is 25.7. The number of aryl methyl sites for hydroxylation is 1. The van der Waals surface area contributed by atoms with Gasteiger partial charge in [-0.25, -0.2) is 19.7 Å². The SMILES string of the molecule is Nc1nc(CCC2CCN(C(=O)OCC3CNC(=O)C3)CC2)nc2c1ncn2[C@H]1CC(O)CO1. The summed E-state index contributed by atoms with van der Waals surface area (Å²) in [5.41, 5.74) is 7.30. The summed E-state index contributed by atoms with van der Waals surface area (Å²) >= 11 is 0. The van der Waals surface area contributed by atoms with Gasteiger partial charge in [-0.1, -0.05) is 0 Å². The third-order valence-electron chi connectivity index (χ3n) is 6.91. The molecule has 5 heterocycles. The first-order valence-corrected chi connectivity index (χ1v) is 11.9. The van der Waals surface area contributed by atoms with Gasteiger partial charge in [-0.15, -0.1) is 0 Å². The number of piperidine rings is 1. The first-order valence-electron chi connectivity index (χ1n) is 11.9. The molecule has 12 nitrogen and oxygen atoms in total. The third kappa shape index (κ3) is 4.92. The van der Waals surface area contributed by atoms with E-state index in [2.05, 4.69) is 15.3 Å². The zero-order valence-corrected chi connectivity index (χ0v) is 19.1. The predicted octanol–water partition coefficient (Wildman–Crippen LogP) is 0.606. The van der Waals surface area contributed by atoms with Crippen molar-refractivity contribution in [1.82, 2.24) is 29.7 Å². The van der Waals surface area contributed by atoms with Crippen molar-refractivity contribution in [2.45, 2.75) is 50.9 Å². The van der Waals surface area contributed by atoms with Gasteiger partial charge in [0, 0.05) is 44.8 Å². The average molecular weight is 474 g/mol. The number of carbonyl (C=O) groups excluding carboxylic acids is 2. The van der Waals surface area contributed by atoms with Crippen LogP contribution in [-0.2, 0) is 20.7 Å². The van der Waals surface area contributed by atoms with Crippen LogP contribution in [0.4, 0.5) is 10.6 Å². The Morgan fingerprint density at radius 1 is 1.29 bits per heavy atom. The lowest BCUT2D eigenvalue weighted by molar-refractivity contribution is -0.119. The molecule has 3 aliphatic rings. The second-order valence-corrected chi connectivity index (χ2v) is 9.45. The molecule has 0 radical (unpaired) electrons. The predicted molar refractivity (Wildman–Crippen MR) is 120 cm³/mol. The van der Waals surface area contributed by atoms with Crippen LogP contribution in [-0.4, -0.2) is 80.5 Å². The topological polar surface area (TPSA) is 158 Å². The van der Waals surface area contributed by atoms with E-state index < -0.39 is 6.10 Å². The van der Waals surface area contributed by atoms with Gasteiger partial charge in [-0.05, 0) is 25.2 Å². The lowest BCUT2D eigenvalue weighted by Gasteiger charge is -2.31. The van der Waals surface area contributed by atoms with Crippen LogP contribution >= 0.6 is 0 Å². The van der Waals surface area contributed by atoms with Crippen molar-refractivity contribution in [2.24, 2.45) is 11.8 Å². The van der Waals surface area contributed by atoms with Crippen molar-refractivity contribution >= 4 is 29.0 Å². The molecule has 0 aliphatic carbocycles. The largest absolute Gasteiger partial charge is 0.449 e. The van der Waals surface area contributed by atoms with Crippen LogP contribution in [0.3, 0.4) is 0 Å². The van der Waals surface area contributed by atoms with Gasteiger partial charge in [-0.3, -0.25) is 9.36 Å². The van der Waals surface area contributed by atoms with Crippen molar-refractivity contribution < 1.29 is 24.2 Å². The van der Waals surface area contributed by atoms with E-state index in [0.717, 1.165) is 19.3 Å². The minimum Gasteiger partial charge on any atom is -0.449 e. The number of aliphatic hydroxyl groups excluding tert-OH is 1. The number of hydrogen-bond acceptors (Lipinski definition) is 9. The highest BCUT2D eigenvalue weighted by molar-refractivity contribution is 5.81. The van der Waals surface area contributed by atoms with E-state index >= 15 is 0 Å². The summed E-state index contributed by atoms with van der Waals surface area (Å²) in [5.74, 6) is 1.54. The summed E-state index contributed by atoms with van der Waals surface area (Å²) in [6, 6.07) is 0. The molecule has 3 aliphatic heterocycles. The van der Waals surface area contributed by atoms with E-state index in [-0.39, 0.29) is 30.8 Å². The highest BCUT2D eigenvalue weighted by Crippen LogP contribution is 2.28. The van der Waals surface area contributed by atoms with Crippen LogP contribution in [0.2, 0.25) is 0 Å². The van der Waals surface area contributed by atoms with Crippen LogP contribution in [0.25, 0.3) is 11.2 Å². The third-order valence-corrected chi connectivity index (χ3v) is 6.91. The number of imidazole rings is 1. The summed E-state index contributed by atoms with van der Waals surface area (Å²) in [6.45, 7) is 2.45.